The summed E-state index contributed by atoms with van der Waals surface area (Å²) in [5.74, 6) is -0.345. The predicted octanol–water partition coefficient (Wildman–Crippen LogP) is 4.48. The largest absolute Gasteiger partial charge is 0.375 e. The third-order valence-corrected chi connectivity index (χ3v) is 4.58. The fourth-order valence-corrected chi connectivity index (χ4v) is 3.02. The normalized spacial score (nSPS) is 11.5. The molecule has 0 spiro atoms. The molecule has 0 fully saturated rings. The molecule has 148 valence electrons. The molecule has 0 aliphatic heterocycles. The van der Waals surface area contributed by atoms with Crippen LogP contribution < -0.4 is 10.6 Å². The number of carbonyl (C=O) groups is 1. The Balaban J connectivity index is 1.76. The van der Waals surface area contributed by atoms with Gasteiger partial charge in [0.15, 0.2) is 0 Å². The number of rotatable bonds is 8. The summed E-state index contributed by atoms with van der Waals surface area (Å²) >= 11 is 0. The predicted molar refractivity (Wildman–Crippen MR) is 112 cm³/mol. The Labute approximate surface area is 169 Å². The first-order valence-corrected chi connectivity index (χ1v) is 9.35. The smallest absolute Gasteiger partial charge is 0.293 e. The summed E-state index contributed by atoms with van der Waals surface area (Å²) in [5.41, 5.74) is 2.35. The molecule has 0 saturated carbocycles. The minimum absolute atomic E-state index is 0.144. The molecule has 0 radical (unpaired) electrons. The van der Waals surface area contributed by atoms with Crippen molar-refractivity contribution < 1.29 is 9.72 Å². The molecule has 7 nitrogen and oxygen atoms in total. The third kappa shape index (κ3) is 5.16. The number of anilines is 1. The summed E-state index contributed by atoms with van der Waals surface area (Å²) in [6, 6.07) is 17.6. The van der Waals surface area contributed by atoms with Crippen LogP contribution in [0.5, 0.6) is 0 Å². The standard InChI is InChI=1S/C22H22N4O3/c1-2-19(17-8-4-3-5-9-17)25-22(27)18-10-11-20(21(13-18)26(28)29)24-15-16-7-6-12-23-14-16/h3-14,19,24H,2,15H2,1H3,(H,25,27). The lowest BCUT2D eigenvalue weighted by atomic mass is 10.0. The SMILES string of the molecule is CCC(NC(=O)c1ccc(NCc2cccnc2)c([N+](=O)[O-])c1)c1ccccc1. The molecular formula is C22H22N4O3. The van der Waals surface area contributed by atoms with E-state index in [0.717, 1.165) is 11.1 Å². The number of hydrogen-bond acceptors (Lipinski definition) is 5. The summed E-state index contributed by atoms with van der Waals surface area (Å²) < 4.78 is 0. The zero-order chi connectivity index (χ0) is 20.6. The van der Waals surface area contributed by atoms with Crippen molar-refractivity contribution in [3.8, 4) is 0 Å². The van der Waals surface area contributed by atoms with E-state index in [1.807, 2.05) is 43.3 Å². The summed E-state index contributed by atoms with van der Waals surface area (Å²) in [6.45, 7) is 2.37. The van der Waals surface area contributed by atoms with Gasteiger partial charge in [0.25, 0.3) is 11.6 Å². The van der Waals surface area contributed by atoms with Crippen LogP contribution in [0.15, 0.2) is 73.1 Å². The van der Waals surface area contributed by atoms with Crippen LogP contribution in [0.3, 0.4) is 0 Å². The average Bonchev–Trinajstić information content (AvgIpc) is 2.77. The van der Waals surface area contributed by atoms with E-state index in [1.165, 1.54) is 6.07 Å². The number of carbonyl (C=O) groups excluding carboxylic acids is 1. The van der Waals surface area contributed by atoms with Crippen molar-refractivity contribution in [3.63, 3.8) is 0 Å². The molecule has 1 amide bonds. The molecule has 0 saturated heterocycles. The Morgan fingerprint density at radius 3 is 2.59 bits per heavy atom. The lowest BCUT2D eigenvalue weighted by molar-refractivity contribution is -0.384. The van der Waals surface area contributed by atoms with Gasteiger partial charge in [0.05, 0.1) is 11.0 Å². The molecule has 2 aromatic carbocycles. The van der Waals surface area contributed by atoms with Crippen molar-refractivity contribution in [2.24, 2.45) is 0 Å². The Bertz CT molecular complexity index is 978. The highest BCUT2D eigenvalue weighted by molar-refractivity contribution is 5.96. The highest BCUT2D eigenvalue weighted by Crippen LogP contribution is 2.27. The Kier molecular flexibility index (Phi) is 6.52. The molecule has 1 aromatic heterocycles. The Morgan fingerprint density at radius 1 is 1.14 bits per heavy atom. The molecule has 0 aliphatic carbocycles. The Morgan fingerprint density at radius 2 is 1.93 bits per heavy atom. The van der Waals surface area contributed by atoms with E-state index in [4.69, 9.17) is 0 Å². The van der Waals surface area contributed by atoms with Crippen LogP contribution in [0, 0.1) is 10.1 Å². The first kappa shape index (κ1) is 20.0. The molecule has 3 aromatic rings. The highest BCUT2D eigenvalue weighted by atomic mass is 16.6. The second-order valence-corrected chi connectivity index (χ2v) is 6.55. The molecule has 7 heteroatoms. The maximum atomic E-state index is 12.7. The third-order valence-electron chi connectivity index (χ3n) is 4.58. The van der Waals surface area contributed by atoms with Gasteiger partial charge < -0.3 is 10.6 Å². The highest BCUT2D eigenvalue weighted by Gasteiger charge is 2.19. The van der Waals surface area contributed by atoms with Crippen molar-refractivity contribution in [1.82, 2.24) is 10.3 Å². The van der Waals surface area contributed by atoms with Gasteiger partial charge in [-0.05, 0) is 35.7 Å². The van der Waals surface area contributed by atoms with Crippen molar-refractivity contribution >= 4 is 17.3 Å². The van der Waals surface area contributed by atoms with Gasteiger partial charge in [0.2, 0.25) is 0 Å². The fraction of sp³-hybridized carbons (Fsp3) is 0.182. The van der Waals surface area contributed by atoms with E-state index in [-0.39, 0.29) is 23.2 Å². The van der Waals surface area contributed by atoms with E-state index in [0.29, 0.717) is 18.7 Å². The van der Waals surface area contributed by atoms with Gasteiger partial charge in [-0.1, -0.05) is 43.3 Å². The van der Waals surface area contributed by atoms with Gasteiger partial charge in [-0.3, -0.25) is 19.9 Å². The second-order valence-electron chi connectivity index (χ2n) is 6.55. The summed E-state index contributed by atoms with van der Waals surface area (Å²) in [7, 11) is 0. The molecule has 1 unspecified atom stereocenters. The van der Waals surface area contributed by atoms with E-state index >= 15 is 0 Å². The maximum Gasteiger partial charge on any atom is 0.293 e. The van der Waals surface area contributed by atoms with Crippen LogP contribution in [-0.2, 0) is 6.54 Å². The molecular weight excluding hydrogens is 368 g/mol. The van der Waals surface area contributed by atoms with E-state index in [9.17, 15) is 14.9 Å². The van der Waals surface area contributed by atoms with Crippen LogP contribution in [0.4, 0.5) is 11.4 Å². The quantitative estimate of drug-likeness (QED) is 0.436. The van der Waals surface area contributed by atoms with Gasteiger partial charge in [-0.2, -0.15) is 0 Å². The molecule has 3 rings (SSSR count). The molecule has 0 aliphatic rings. The molecule has 29 heavy (non-hydrogen) atoms. The number of hydrogen-bond donors (Lipinski definition) is 2. The number of nitro groups is 1. The van der Waals surface area contributed by atoms with E-state index in [2.05, 4.69) is 15.6 Å². The summed E-state index contributed by atoms with van der Waals surface area (Å²) in [5, 5.41) is 17.5. The number of amides is 1. The monoisotopic (exact) mass is 390 g/mol. The summed E-state index contributed by atoms with van der Waals surface area (Å²) in [4.78, 5) is 27.8. The van der Waals surface area contributed by atoms with Crippen molar-refractivity contribution in [3.05, 3.63) is 99.9 Å². The topological polar surface area (TPSA) is 97.2 Å². The van der Waals surface area contributed by atoms with Crippen LogP contribution in [0.25, 0.3) is 0 Å². The second kappa shape index (κ2) is 9.45. The average molecular weight is 390 g/mol. The number of benzene rings is 2. The van der Waals surface area contributed by atoms with E-state index in [1.54, 1.807) is 30.6 Å². The lowest BCUT2D eigenvalue weighted by Crippen LogP contribution is -2.28. The minimum atomic E-state index is -0.489. The van der Waals surface area contributed by atoms with Gasteiger partial charge in [-0.25, -0.2) is 0 Å². The van der Waals surface area contributed by atoms with Gasteiger partial charge in [0.1, 0.15) is 5.69 Å². The van der Waals surface area contributed by atoms with Crippen LogP contribution in [0.1, 0.15) is 40.9 Å². The first-order valence-electron chi connectivity index (χ1n) is 9.35. The van der Waals surface area contributed by atoms with Crippen molar-refractivity contribution in [1.29, 1.82) is 0 Å². The van der Waals surface area contributed by atoms with Gasteiger partial charge in [0, 0.05) is 30.6 Å². The number of pyridine rings is 1. The summed E-state index contributed by atoms with van der Waals surface area (Å²) in [6.07, 6.45) is 4.07. The maximum absolute atomic E-state index is 12.7. The molecule has 1 heterocycles. The van der Waals surface area contributed by atoms with Gasteiger partial charge in [-0.15, -0.1) is 0 Å². The molecule has 1 atom stereocenters. The van der Waals surface area contributed by atoms with E-state index < -0.39 is 4.92 Å². The molecule has 2 N–H and O–H groups in total. The Hall–Kier alpha value is -3.74. The zero-order valence-corrected chi connectivity index (χ0v) is 16.0. The number of aromatic nitrogens is 1. The zero-order valence-electron chi connectivity index (χ0n) is 16.0. The fourth-order valence-electron chi connectivity index (χ4n) is 3.02. The van der Waals surface area contributed by atoms with Gasteiger partial charge >= 0.3 is 0 Å². The molecule has 0 bridgehead atoms. The van der Waals surface area contributed by atoms with Crippen molar-refractivity contribution in [2.45, 2.75) is 25.9 Å². The van der Waals surface area contributed by atoms with Crippen LogP contribution in [0.2, 0.25) is 0 Å². The lowest BCUT2D eigenvalue weighted by Gasteiger charge is -2.17. The number of nitrogens with zero attached hydrogens (tertiary/aromatic N) is 2. The van der Waals surface area contributed by atoms with Crippen molar-refractivity contribution in [2.75, 3.05) is 5.32 Å². The van der Waals surface area contributed by atoms with Crippen LogP contribution >= 0.6 is 0 Å². The first-order chi connectivity index (χ1) is 14.1. The number of nitro benzene ring substituents is 1. The minimum Gasteiger partial charge on any atom is -0.375 e. The van der Waals surface area contributed by atoms with Crippen LogP contribution in [-0.4, -0.2) is 15.8 Å². The number of nitrogens with one attached hydrogen (secondary N) is 2.